The van der Waals surface area contributed by atoms with Gasteiger partial charge >= 0.3 is 0 Å². The predicted octanol–water partition coefficient (Wildman–Crippen LogP) is 2.72. The monoisotopic (exact) mass is 294 g/mol. The van der Waals surface area contributed by atoms with Gasteiger partial charge in [-0.3, -0.25) is 4.90 Å². The van der Waals surface area contributed by atoms with E-state index >= 15 is 0 Å². The Hall–Kier alpha value is -1.59. The van der Waals surface area contributed by atoms with Crippen LogP contribution < -0.4 is 5.73 Å². The molecule has 1 aliphatic rings. The number of halogens is 1. The lowest BCUT2D eigenvalue weighted by molar-refractivity contribution is 0.234. The molecule has 3 rings (SSSR count). The number of nitrogen functional groups attached to an aromatic ring is 1. The van der Waals surface area contributed by atoms with Gasteiger partial charge < -0.3 is 10.3 Å². The van der Waals surface area contributed by atoms with Crippen molar-refractivity contribution in [1.82, 2.24) is 15.0 Å². The Labute approximate surface area is 124 Å². The first-order valence-electron chi connectivity index (χ1n) is 6.61. The van der Waals surface area contributed by atoms with Crippen LogP contribution in [0.1, 0.15) is 36.2 Å². The molecule has 1 aromatic carbocycles. The molecule has 1 aliphatic heterocycles. The van der Waals surface area contributed by atoms with Crippen LogP contribution in [0.4, 0.5) is 5.69 Å². The van der Waals surface area contributed by atoms with Gasteiger partial charge in [0.25, 0.3) is 0 Å². The number of aromatic nitrogens is 2. The molecular formula is C14H19ClN4O. The van der Waals surface area contributed by atoms with Crippen molar-refractivity contribution in [2.24, 2.45) is 0 Å². The molecule has 0 amide bonds. The zero-order valence-electron chi connectivity index (χ0n) is 11.5. The summed E-state index contributed by atoms with van der Waals surface area (Å²) >= 11 is 0. The van der Waals surface area contributed by atoms with Crippen LogP contribution in [0.25, 0.3) is 0 Å². The molecule has 108 valence electrons. The highest BCUT2D eigenvalue weighted by molar-refractivity contribution is 5.85. The standard InChI is InChI=1S/C14H18N4O.ClH/c1-10-16-14(17-19-10)13-6-3-7-18(13)9-11-4-2-5-12(15)8-11;/h2,4-5,8,13H,3,6-7,9,15H2,1H3;1H. The molecule has 1 aromatic heterocycles. The molecule has 1 atom stereocenters. The number of rotatable bonds is 3. The number of benzene rings is 1. The Morgan fingerprint density at radius 3 is 3.00 bits per heavy atom. The first kappa shape index (κ1) is 14.8. The Morgan fingerprint density at radius 2 is 2.30 bits per heavy atom. The van der Waals surface area contributed by atoms with E-state index in [-0.39, 0.29) is 18.4 Å². The summed E-state index contributed by atoms with van der Waals surface area (Å²) in [6.07, 6.45) is 2.25. The second-order valence-electron chi connectivity index (χ2n) is 5.05. The molecule has 2 aromatic rings. The third kappa shape index (κ3) is 3.11. The highest BCUT2D eigenvalue weighted by Crippen LogP contribution is 2.31. The van der Waals surface area contributed by atoms with Crippen LogP contribution in [0.2, 0.25) is 0 Å². The number of hydrogen-bond acceptors (Lipinski definition) is 5. The Balaban J connectivity index is 0.00000147. The van der Waals surface area contributed by atoms with Crippen LogP contribution in [-0.2, 0) is 6.54 Å². The maximum absolute atomic E-state index is 5.82. The molecule has 1 saturated heterocycles. The summed E-state index contributed by atoms with van der Waals surface area (Å²) in [5, 5.41) is 4.05. The number of likely N-dealkylation sites (tertiary alicyclic amines) is 1. The molecule has 0 bridgehead atoms. The molecule has 2 heterocycles. The summed E-state index contributed by atoms with van der Waals surface area (Å²) in [5.41, 5.74) is 7.86. The minimum Gasteiger partial charge on any atom is -0.399 e. The van der Waals surface area contributed by atoms with Crippen molar-refractivity contribution in [3.05, 3.63) is 41.5 Å². The quantitative estimate of drug-likeness (QED) is 0.882. The first-order chi connectivity index (χ1) is 9.22. The van der Waals surface area contributed by atoms with E-state index in [0.717, 1.165) is 31.0 Å². The van der Waals surface area contributed by atoms with E-state index in [0.29, 0.717) is 5.89 Å². The van der Waals surface area contributed by atoms with Gasteiger partial charge in [-0.1, -0.05) is 17.3 Å². The van der Waals surface area contributed by atoms with Crippen molar-refractivity contribution >= 4 is 18.1 Å². The second kappa shape index (κ2) is 6.24. The van der Waals surface area contributed by atoms with E-state index in [4.69, 9.17) is 10.3 Å². The lowest BCUT2D eigenvalue weighted by Gasteiger charge is -2.21. The predicted molar refractivity (Wildman–Crippen MR) is 79.5 cm³/mol. The van der Waals surface area contributed by atoms with Crippen LogP contribution in [0, 0.1) is 6.92 Å². The fourth-order valence-electron chi connectivity index (χ4n) is 2.68. The minimum atomic E-state index is 0. The molecule has 5 nitrogen and oxygen atoms in total. The number of nitrogens with zero attached hydrogens (tertiary/aromatic N) is 3. The number of hydrogen-bond donors (Lipinski definition) is 1. The van der Waals surface area contributed by atoms with Crippen LogP contribution in [0.3, 0.4) is 0 Å². The van der Waals surface area contributed by atoms with Gasteiger partial charge in [0, 0.05) is 19.2 Å². The zero-order chi connectivity index (χ0) is 13.2. The SMILES string of the molecule is Cc1nc(C2CCCN2Cc2cccc(N)c2)no1.Cl. The molecule has 6 heteroatoms. The van der Waals surface area contributed by atoms with Crippen molar-refractivity contribution in [3.63, 3.8) is 0 Å². The van der Waals surface area contributed by atoms with E-state index in [1.54, 1.807) is 0 Å². The Bertz CT molecular complexity index is 572. The highest BCUT2D eigenvalue weighted by atomic mass is 35.5. The molecule has 20 heavy (non-hydrogen) atoms. The highest BCUT2D eigenvalue weighted by Gasteiger charge is 2.29. The average Bonchev–Trinajstić information content (AvgIpc) is 2.98. The van der Waals surface area contributed by atoms with Gasteiger partial charge in [-0.25, -0.2) is 0 Å². The van der Waals surface area contributed by atoms with E-state index in [2.05, 4.69) is 21.1 Å². The maximum atomic E-state index is 5.82. The lowest BCUT2D eigenvalue weighted by atomic mass is 10.1. The number of nitrogens with two attached hydrogens (primary N) is 1. The molecule has 2 N–H and O–H groups in total. The molecule has 0 radical (unpaired) electrons. The van der Waals surface area contributed by atoms with Crippen LogP contribution in [0.15, 0.2) is 28.8 Å². The van der Waals surface area contributed by atoms with E-state index in [1.165, 1.54) is 12.0 Å². The van der Waals surface area contributed by atoms with Crippen molar-refractivity contribution in [2.45, 2.75) is 32.4 Å². The lowest BCUT2D eigenvalue weighted by Crippen LogP contribution is -2.23. The molecule has 0 saturated carbocycles. The third-order valence-electron chi connectivity index (χ3n) is 3.54. The summed E-state index contributed by atoms with van der Waals surface area (Å²) < 4.78 is 5.09. The summed E-state index contributed by atoms with van der Waals surface area (Å²) in [5.74, 6) is 1.43. The van der Waals surface area contributed by atoms with Gasteiger partial charge in [-0.2, -0.15) is 4.98 Å². The summed E-state index contributed by atoms with van der Waals surface area (Å²) in [6, 6.07) is 8.30. The molecule has 0 spiro atoms. The fourth-order valence-corrected chi connectivity index (χ4v) is 2.68. The van der Waals surface area contributed by atoms with Crippen LogP contribution in [-0.4, -0.2) is 21.6 Å². The van der Waals surface area contributed by atoms with Gasteiger partial charge in [-0.05, 0) is 37.1 Å². The number of anilines is 1. The second-order valence-corrected chi connectivity index (χ2v) is 5.05. The van der Waals surface area contributed by atoms with Gasteiger partial charge in [0.05, 0.1) is 6.04 Å². The number of aryl methyl sites for hydroxylation is 1. The first-order valence-corrected chi connectivity index (χ1v) is 6.61. The summed E-state index contributed by atoms with van der Waals surface area (Å²) in [7, 11) is 0. The van der Waals surface area contributed by atoms with Crippen LogP contribution >= 0.6 is 12.4 Å². The molecule has 1 unspecified atom stereocenters. The average molecular weight is 295 g/mol. The van der Waals surface area contributed by atoms with Crippen molar-refractivity contribution in [1.29, 1.82) is 0 Å². The van der Waals surface area contributed by atoms with Gasteiger partial charge in [0.1, 0.15) is 0 Å². The smallest absolute Gasteiger partial charge is 0.223 e. The normalized spacial score (nSPS) is 18.9. The van der Waals surface area contributed by atoms with Crippen molar-refractivity contribution < 1.29 is 4.52 Å². The maximum Gasteiger partial charge on any atom is 0.223 e. The Kier molecular flexibility index (Phi) is 4.62. The minimum absolute atomic E-state index is 0. The van der Waals surface area contributed by atoms with Gasteiger partial charge in [0.2, 0.25) is 5.89 Å². The van der Waals surface area contributed by atoms with E-state index in [9.17, 15) is 0 Å². The largest absolute Gasteiger partial charge is 0.399 e. The summed E-state index contributed by atoms with van der Waals surface area (Å²) in [4.78, 5) is 6.75. The van der Waals surface area contributed by atoms with Gasteiger partial charge in [-0.15, -0.1) is 12.4 Å². The van der Waals surface area contributed by atoms with E-state index < -0.39 is 0 Å². The molecule has 1 fully saturated rings. The summed E-state index contributed by atoms with van der Waals surface area (Å²) in [6.45, 7) is 3.77. The third-order valence-corrected chi connectivity index (χ3v) is 3.54. The topological polar surface area (TPSA) is 68.2 Å². The van der Waals surface area contributed by atoms with Crippen molar-refractivity contribution in [2.75, 3.05) is 12.3 Å². The van der Waals surface area contributed by atoms with Gasteiger partial charge in [0.15, 0.2) is 5.82 Å². The Morgan fingerprint density at radius 1 is 1.45 bits per heavy atom. The zero-order valence-corrected chi connectivity index (χ0v) is 12.3. The molecular weight excluding hydrogens is 276 g/mol. The molecule has 0 aliphatic carbocycles. The van der Waals surface area contributed by atoms with Crippen LogP contribution in [0.5, 0.6) is 0 Å². The van der Waals surface area contributed by atoms with Crippen molar-refractivity contribution in [3.8, 4) is 0 Å². The fraction of sp³-hybridized carbons (Fsp3) is 0.429. The van der Waals surface area contributed by atoms with E-state index in [1.807, 2.05) is 25.1 Å².